The van der Waals surface area contributed by atoms with Crippen LogP contribution in [0.3, 0.4) is 0 Å². The van der Waals surface area contributed by atoms with Gasteiger partial charge < -0.3 is 42.9 Å². The Hall–Kier alpha value is -3.42. The number of carboxylic acids is 2. The summed E-state index contributed by atoms with van der Waals surface area (Å²) in [6.45, 7) is 4.30. The maximum atomic E-state index is 13.1. The first-order chi connectivity index (χ1) is 16.9. The maximum absolute atomic E-state index is 13.1. The standard InChI is InChI=1S/C22H39N7O7/c1-3-12(2)17(23)20(34)29-11-5-7-15(29)19(33)27-13(6-4-10-26-22(24)25)18(32)28-14(21(35)36)8-9-16(30)31/h12-15,17H,3-11,23H2,1-2H3,(H,27,33)(H,28,32)(H,30,31)(H,35,36)(H4,24,25,26). The number of aliphatic imine (C=N–C) groups is 1. The van der Waals surface area contributed by atoms with Gasteiger partial charge in [0.1, 0.15) is 18.1 Å². The van der Waals surface area contributed by atoms with Crippen LogP contribution in [0.25, 0.3) is 0 Å². The molecule has 0 aromatic heterocycles. The molecule has 1 saturated heterocycles. The molecule has 0 bridgehead atoms. The summed E-state index contributed by atoms with van der Waals surface area (Å²) >= 11 is 0. The molecule has 36 heavy (non-hydrogen) atoms. The molecule has 1 aliphatic rings. The van der Waals surface area contributed by atoms with E-state index < -0.39 is 54.3 Å². The van der Waals surface area contributed by atoms with E-state index in [4.69, 9.17) is 22.3 Å². The van der Waals surface area contributed by atoms with E-state index in [9.17, 15) is 29.1 Å². The molecular formula is C22H39N7O7. The lowest BCUT2D eigenvalue weighted by Crippen LogP contribution is -2.57. The van der Waals surface area contributed by atoms with Crippen LogP contribution in [0.2, 0.25) is 0 Å². The van der Waals surface area contributed by atoms with E-state index in [1.165, 1.54) is 4.90 Å². The Bertz CT molecular complexity index is 832. The molecule has 14 heteroatoms. The zero-order chi connectivity index (χ0) is 27.4. The number of aliphatic carboxylic acids is 2. The molecule has 204 valence electrons. The second-order valence-electron chi connectivity index (χ2n) is 8.94. The normalized spacial score (nSPS) is 18.4. The number of carboxylic acid groups (broad SMARTS) is 2. The second kappa shape index (κ2) is 14.9. The second-order valence-corrected chi connectivity index (χ2v) is 8.94. The van der Waals surface area contributed by atoms with Crippen molar-refractivity contribution in [3.8, 4) is 0 Å². The molecule has 10 N–H and O–H groups in total. The largest absolute Gasteiger partial charge is 0.481 e. The fourth-order valence-electron chi connectivity index (χ4n) is 3.83. The number of nitrogens with two attached hydrogens (primary N) is 3. The van der Waals surface area contributed by atoms with Crippen molar-refractivity contribution in [3.63, 3.8) is 0 Å². The molecule has 0 radical (unpaired) electrons. The van der Waals surface area contributed by atoms with Crippen LogP contribution >= 0.6 is 0 Å². The van der Waals surface area contributed by atoms with Crippen molar-refractivity contribution in [1.82, 2.24) is 15.5 Å². The van der Waals surface area contributed by atoms with E-state index >= 15 is 0 Å². The number of nitrogens with zero attached hydrogens (tertiary/aromatic N) is 2. The summed E-state index contributed by atoms with van der Waals surface area (Å²) in [4.78, 5) is 66.5. The van der Waals surface area contributed by atoms with Crippen LogP contribution in [0.15, 0.2) is 4.99 Å². The number of guanidine groups is 1. The van der Waals surface area contributed by atoms with E-state index in [0.29, 0.717) is 25.8 Å². The summed E-state index contributed by atoms with van der Waals surface area (Å²) in [6, 6.07) is -4.18. The lowest BCUT2D eigenvalue weighted by atomic mass is 9.98. The van der Waals surface area contributed by atoms with Crippen molar-refractivity contribution in [1.29, 1.82) is 0 Å². The fourth-order valence-corrected chi connectivity index (χ4v) is 3.83. The highest BCUT2D eigenvalue weighted by molar-refractivity contribution is 5.94. The minimum Gasteiger partial charge on any atom is -0.481 e. The molecule has 1 rings (SSSR count). The molecule has 3 amide bonds. The van der Waals surface area contributed by atoms with E-state index in [1.807, 2.05) is 13.8 Å². The molecule has 5 atom stereocenters. The first-order valence-corrected chi connectivity index (χ1v) is 12.1. The van der Waals surface area contributed by atoms with E-state index in [1.54, 1.807) is 0 Å². The Morgan fingerprint density at radius 2 is 1.75 bits per heavy atom. The Kier molecular flexibility index (Phi) is 12.6. The third-order valence-corrected chi connectivity index (χ3v) is 6.22. The summed E-state index contributed by atoms with van der Waals surface area (Å²) in [6.07, 6.45) is 1.25. The number of hydrogen-bond donors (Lipinski definition) is 7. The zero-order valence-electron chi connectivity index (χ0n) is 20.8. The minimum atomic E-state index is -1.45. The lowest BCUT2D eigenvalue weighted by Gasteiger charge is -2.30. The molecule has 0 saturated carbocycles. The summed E-state index contributed by atoms with van der Waals surface area (Å²) in [5, 5.41) is 23.1. The summed E-state index contributed by atoms with van der Waals surface area (Å²) in [5.74, 6) is -4.52. The van der Waals surface area contributed by atoms with E-state index in [0.717, 1.165) is 0 Å². The Morgan fingerprint density at radius 3 is 2.31 bits per heavy atom. The van der Waals surface area contributed by atoms with Crippen LogP contribution < -0.4 is 27.8 Å². The molecule has 1 heterocycles. The molecule has 0 aliphatic carbocycles. The van der Waals surface area contributed by atoms with Gasteiger partial charge in [0.2, 0.25) is 17.7 Å². The fraction of sp³-hybridized carbons (Fsp3) is 0.727. The van der Waals surface area contributed by atoms with Crippen molar-refractivity contribution >= 4 is 35.6 Å². The maximum Gasteiger partial charge on any atom is 0.326 e. The highest BCUT2D eigenvalue weighted by atomic mass is 16.4. The number of nitrogens with one attached hydrogen (secondary N) is 2. The van der Waals surface area contributed by atoms with Gasteiger partial charge in [-0.25, -0.2) is 4.79 Å². The molecule has 1 aliphatic heterocycles. The van der Waals surface area contributed by atoms with Gasteiger partial charge in [-0.3, -0.25) is 24.2 Å². The van der Waals surface area contributed by atoms with Crippen LogP contribution in [0, 0.1) is 5.92 Å². The number of rotatable bonds is 15. The Labute approximate surface area is 210 Å². The molecule has 5 unspecified atom stereocenters. The van der Waals surface area contributed by atoms with Crippen LogP contribution in [0.4, 0.5) is 0 Å². The van der Waals surface area contributed by atoms with Gasteiger partial charge in [-0.15, -0.1) is 0 Å². The summed E-state index contributed by atoms with van der Waals surface area (Å²) in [7, 11) is 0. The van der Waals surface area contributed by atoms with Crippen molar-refractivity contribution in [2.24, 2.45) is 28.1 Å². The van der Waals surface area contributed by atoms with Gasteiger partial charge in [0.15, 0.2) is 5.96 Å². The average Bonchev–Trinajstić information content (AvgIpc) is 3.31. The number of carbonyl (C=O) groups is 5. The summed E-state index contributed by atoms with van der Waals surface area (Å²) in [5.41, 5.74) is 16.7. The highest BCUT2D eigenvalue weighted by Crippen LogP contribution is 2.21. The average molecular weight is 514 g/mol. The van der Waals surface area contributed by atoms with Crippen LogP contribution in [0.5, 0.6) is 0 Å². The Morgan fingerprint density at radius 1 is 1.08 bits per heavy atom. The van der Waals surface area contributed by atoms with Gasteiger partial charge >= 0.3 is 11.9 Å². The first-order valence-electron chi connectivity index (χ1n) is 12.1. The number of amides is 3. The topological polar surface area (TPSA) is 244 Å². The first kappa shape index (κ1) is 30.6. The zero-order valence-corrected chi connectivity index (χ0v) is 20.8. The van der Waals surface area contributed by atoms with E-state index in [2.05, 4.69) is 15.6 Å². The van der Waals surface area contributed by atoms with Gasteiger partial charge in [-0.1, -0.05) is 20.3 Å². The molecule has 0 spiro atoms. The van der Waals surface area contributed by atoms with Gasteiger partial charge in [-0.2, -0.15) is 0 Å². The quantitative estimate of drug-likeness (QED) is 0.0744. The van der Waals surface area contributed by atoms with E-state index in [-0.39, 0.29) is 43.6 Å². The third-order valence-electron chi connectivity index (χ3n) is 6.22. The number of hydrogen-bond acceptors (Lipinski definition) is 7. The van der Waals surface area contributed by atoms with Crippen molar-refractivity contribution in [2.45, 2.75) is 83.0 Å². The number of carbonyl (C=O) groups excluding carboxylic acids is 3. The van der Waals surface area contributed by atoms with Gasteiger partial charge in [0.05, 0.1) is 6.04 Å². The Balaban J connectivity index is 2.98. The lowest BCUT2D eigenvalue weighted by molar-refractivity contribution is -0.144. The van der Waals surface area contributed by atoms with Gasteiger partial charge in [-0.05, 0) is 38.0 Å². The monoisotopic (exact) mass is 513 g/mol. The third kappa shape index (κ3) is 9.68. The van der Waals surface area contributed by atoms with Gasteiger partial charge in [0, 0.05) is 19.5 Å². The van der Waals surface area contributed by atoms with Crippen LogP contribution in [0.1, 0.15) is 58.8 Å². The van der Waals surface area contributed by atoms with Crippen molar-refractivity contribution in [2.75, 3.05) is 13.1 Å². The minimum absolute atomic E-state index is 0.0744. The molecule has 0 aromatic carbocycles. The highest BCUT2D eigenvalue weighted by Gasteiger charge is 2.38. The molecule has 1 fully saturated rings. The predicted molar refractivity (Wildman–Crippen MR) is 130 cm³/mol. The van der Waals surface area contributed by atoms with Crippen molar-refractivity contribution < 1.29 is 34.2 Å². The molecule has 14 nitrogen and oxygen atoms in total. The van der Waals surface area contributed by atoms with Crippen molar-refractivity contribution in [3.05, 3.63) is 0 Å². The smallest absolute Gasteiger partial charge is 0.326 e. The van der Waals surface area contributed by atoms with Crippen LogP contribution in [-0.2, 0) is 24.0 Å². The van der Waals surface area contributed by atoms with Crippen LogP contribution in [-0.4, -0.2) is 88.0 Å². The SMILES string of the molecule is CCC(C)C(N)C(=O)N1CCCC1C(=O)NC(CCCN=C(N)N)C(=O)NC(CCC(=O)O)C(=O)O. The molecular weight excluding hydrogens is 474 g/mol. The predicted octanol–water partition coefficient (Wildman–Crippen LogP) is -1.68. The van der Waals surface area contributed by atoms with Gasteiger partial charge in [0.25, 0.3) is 0 Å². The summed E-state index contributed by atoms with van der Waals surface area (Å²) < 4.78 is 0. The molecule has 0 aromatic rings. The number of likely N-dealkylation sites (tertiary alicyclic amines) is 1.